The van der Waals surface area contributed by atoms with E-state index in [4.69, 9.17) is 0 Å². The van der Waals surface area contributed by atoms with Crippen LogP contribution >= 0.6 is 0 Å². The van der Waals surface area contributed by atoms with Crippen molar-refractivity contribution in [1.29, 1.82) is 5.26 Å². The smallest absolute Gasteiger partial charge is 0.105 e. The minimum atomic E-state index is -0.356. The van der Waals surface area contributed by atoms with Gasteiger partial charge in [0.15, 0.2) is 0 Å². The van der Waals surface area contributed by atoms with Crippen LogP contribution in [0, 0.1) is 17.2 Å². The highest BCUT2D eigenvalue weighted by atomic mass is 15.2. The molecule has 3 nitrogen and oxygen atoms in total. The molecule has 108 valence electrons. The van der Waals surface area contributed by atoms with Gasteiger partial charge < -0.3 is 0 Å². The predicted octanol–water partition coefficient (Wildman–Crippen LogP) is 2.92. The van der Waals surface area contributed by atoms with Crippen molar-refractivity contribution >= 4 is 0 Å². The number of rotatable bonds is 6. The largest absolute Gasteiger partial charge is 0.297 e. The van der Waals surface area contributed by atoms with Crippen molar-refractivity contribution < 1.29 is 0 Å². The summed E-state index contributed by atoms with van der Waals surface area (Å²) in [5, 5.41) is 13.0. The second-order valence-corrected chi connectivity index (χ2v) is 7.11. The summed E-state index contributed by atoms with van der Waals surface area (Å²) in [6, 6.07) is 4.30. The minimum Gasteiger partial charge on any atom is -0.297 e. The molecule has 0 aromatic heterocycles. The molecule has 1 saturated carbocycles. The molecular weight excluding hydrogens is 234 g/mol. The van der Waals surface area contributed by atoms with Crippen LogP contribution in [0.4, 0.5) is 0 Å². The summed E-state index contributed by atoms with van der Waals surface area (Å²) in [7, 11) is 0. The van der Waals surface area contributed by atoms with Gasteiger partial charge in [-0.05, 0) is 58.4 Å². The summed E-state index contributed by atoms with van der Waals surface area (Å²) in [6.45, 7) is 10.2. The Labute approximate surface area is 118 Å². The van der Waals surface area contributed by atoms with Gasteiger partial charge in [0, 0.05) is 18.1 Å². The van der Waals surface area contributed by atoms with E-state index in [1.807, 2.05) is 0 Å². The molecule has 19 heavy (non-hydrogen) atoms. The van der Waals surface area contributed by atoms with Gasteiger partial charge in [-0.25, -0.2) is 0 Å². The molecule has 3 heteroatoms. The van der Waals surface area contributed by atoms with Crippen LogP contribution in [0.25, 0.3) is 0 Å². The Kier molecular flexibility index (Phi) is 4.53. The topological polar surface area (TPSA) is 39.1 Å². The Morgan fingerprint density at radius 2 is 2.00 bits per heavy atom. The number of likely N-dealkylation sites (tertiary alicyclic amines) is 1. The molecule has 0 aromatic carbocycles. The maximum absolute atomic E-state index is 9.50. The van der Waals surface area contributed by atoms with E-state index in [9.17, 15) is 5.26 Å². The molecule has 2 rings (SSSR count). The van der Waals surface area contributed by atoms with Crippen molar-refractivity contribution in [3.8, 4) is 6.07 Å². The summed E-state index contributed by atoms with van der Waals surface area (Å²) in [5.74, 6) is 0.717. The summed E-state index contributed by atoms with van der Waals surface area (Å²) in [4.78, 5) is 2.63. The van der Waals surface area contributed by atoms with Crippen LogP contribution in [0.5, 0.6) is 0 Å². The van der Waals surface area contributed by atoms with Gasteiger partial charge in [-0.2, -0.15) is 5.26 Å². The average molecular weight is 263 g/mol. The number of nitriles is 1. The molecule has 3 unspecified atom stereocenters. The fraction of sp³-hybridized carbons (Fsp3) is 0.938. The van der Waals surface area contributed by atoms with E-state index in [0.717, 1.165) is 12.3 Å². The van der Waals surface area contributed by atoms with Crippen molar-refractivity contribution in [2.75, 3.05) is 6.54 Å². The first-order valence-electron chi connectivity index (χ1n) is 7.90. The second kappa shape index (κ2) is 5.81. The average Bonchev–Trinajstić information content (AvgIpc) is 3.00. The lowest BCUT2D eigenvalue weighted by Gasteiger charge is -2.36. The summed E-state index contributed by atoms with van der Waals surface area (Å²) >= 11 is 0. The second-order valence-electron chi connectivity index (χ2n) is 7.11. The maximum atomic E-state index is 9.50. The molecule has 0 aromatic rings. The summed E-state index contributed by atoms with van der Waals surface area (Å²) in [5.41, 5.74) is -0.356. The van der Waals surface area contributed by atoms with Crippen LogP contribution in [0.2, 0.25) is 0 Å². The Morgan fingerprint density at radius 1 is 1.32 bits per heavy atom. The van der Waals surface area contributed by atoms with E-state index in [2.05, 4.69) is 44.0 Å². The standard InChI is InChI=1S/C16H29N3/c1-12(2)15-6-5-9-19(15)13(3)10-16(4,11-17)18-14-7-8-14/h12-15,18H,5-10H2,1-4H3. The SMILES string of the molecule is CC(C)C1CCCN1C(C)CC(C)(C#N)NC1CC1. The highest BCUT2D eigenvalue weighted by Crippen LogP contribution is 2.30. The first-order chi connectivity index (χ1) is 8.95. The molecule has 2 fully saturated rings. The number of hydrogen-bond acceptors (Lipinski definition) is 3. The molecular formula is C16H29N3. The third kappa shape index (κ3) is 3.70. The van der Waals surface area contributed by atoms with E-state index in [1.54, 1.807) is 0 Å². The zero-order valence-electron chi connectivity index (χ0n) is 12.9. The third-order valence-corrected chi connectivity index (χ3v) is 4.73. The van der Waals surface area contributed by atoms with Crippen LogP contribution in [0.15, 0.2) is 0 Å². The molecule has 2 aliphatic rings. The van der Waals surface area contributed by atoms with Gasteiger partial charge in [0.2, 0.25) is 0 Å². The van der Waals surface area contributed by atoms with Crippen LogP contribution in [-0.2, 0) is 0 Å². The van der Waals surface area contributed by atoms with Crippen LogP contribution in [0.1, 0.15) is 59.8 Å². The number of hydrogen-bond donors (Lipinski definition) is 1. The van der Waals surface area contributed by atoms with Crippen molar-refractivity contribution in [2.45, 2.75) is 83.5 Å². The molecule has 1 aliphatic carbocycles. The van der Waals surface area contributed by atoms with Crippen LogP contribution in [-0.4, -0.2) is 35.1 Å². The molecule has 1 saturated heterocycles. The first-order valence-corrected chi connectivity index (χ1v) is 7.90. The van der Waals surface area contributed by atoms with Crippen LogP contribution in [0.3, 0.4) is 0 Å². The lowest BCUT2D eigenvalue weighted by molar-refractivity contribution is 0.133. The maximum Gasteiger partial charge on any atom is 0.105 e. The highest BCUT2D eigenvalue weighted by Gasteiger charge is 2.37. The van der Waals surface area contributed by atoms with E-state index < -0.39 is 0 Å². The van der Waals surface area contributed by atoms with E-state index >= 15 is 0 Å². The van der Waals surface area contributed by atoms with Crippen molar-refractivity contribution in [3.63, 3.8) is 0 Å². The number of nitrogens with one attached hydrogen (secondary N) is 1. The van der Waals surface area contributed by atoms with Crippen molar-refractivity contribution in [2.24, 2.45) is 5.92 Å². The molecule has 3 atom stereocenters. The van der Waals surface area contributed by atoms with Crippen LogP contribution < -0.4 is 5.32 Å². The van der Waals surface area contributed by atoms with Gasteiger partial charge in [0.25, 0.3) is 0 Å². The van der Waals surface area contributed by atoms with E-state index in [0.29, 0.717) is 18.1 Å². The molecule has 1 aliphatic heterocycles. The lowest BCUT2D eigenvalue weighted by atomic mass is 9.92. The summed E-state index contributed by atoms with van der Waals surface area (Å²) in [6.07, 6.45) is 6.05. The minimum absolute atomic E-state index is 0.356. The van der Waals surface area contributed by atoms with Gasteiger partial charge in [-0.1, -0.05) is 13.8 Å². The molecule has 0 amide bonds. The molecule has 1 heterocycles. The third-order valence-electron chi connectivity index (χ3n) is 4.73. The zero-order valence-corrected chi connectivity index (χ0v) is 12.9. The van der Waals surface area contributed by atoms with E-state index in [1.165, 1.54) is 32.2 Å². The molecule has 0 bridgehead atoms. The van der Waals surface area contributed by atoms with Crippen molar-refractivity contribution in [1.82, 2.24) is 10.2 Å². The quantitative estimate of drug-likeness (QED) is 0.801. The lowest BCUT2D eigenvalue weighted by Crippen LogP contribution is -2.49. The Hall–Kier alpha value is -0.590. The Balaban J connectivity index is 1.94. The normalized spacial score (nSPS) is 29.2. The van der Waals surface area contributed by atoms with Gasteiger partial charge in [-0.15, -0.1) is 0 Å². The van der Waals surface area contributed by atoms with Gasteiger partial charge in [-0.3, -0.25) is 10.2 Å². The first kappa shape index (κ1) is 14.8. The van der Waals surface area contributed by atoms with Gasteiger partial charge in [0.05, 0.1) is 6.07 Å². The van der Waals surface area contributed by atoms with E-state index in [-0.39, 0.29) is 5.54 Å². The molecule has 0 radical (unpaired) electrons. The van der Waals surface area contributed by atoms with Gasteiger partial charge in [0.1, 0.15) is 5.54 Å². The zero-order chi connectivity index (χ0) is 14.0. The van der Waals surface area contributed by atoms with Crippen molar-refractivity contribution in [3.05, 3.63) is 0 Å². The fourth-order valence-corrected chi connectivity index (χ4v) is 3.60. The monoisotopic (exact) mass is 263 g/mol. The molecule has 0 spiro atoms. The number of nitrogens with zero attached hydrogens (tertiary/aromatic N) is 2. The Morgan fingerprint density at radius 3 is 2.53 bits per heavy atom. The highest BCUT2D eigenvalue weighted by molar-refractivity contribution is 5.09. The Bertz CT molecular complexity index is 342. The molecule has 1 N–H and O–H groups in total. The van der Waals surface area contributed by atoms with Gasteiger partial charge >= 0.3 is 0 Å². The predicted molar refractivity (Wildman–Crippen MR) is 78.8 cm³/mol. The fourth-order valence-electron chi connectivity index (χ4n) is 3.60. The summed E-state index contributed by atoms with van der Waals surface area (Å²) < 4.78 is 0.